The molecular formula is C15H20N2O3. The summed E-state index contributed by atoms with van der Waals surface area (Å²) in [6.07, 6.45) is 4.41. The summed E-state index contributed by atoms with van der Waals surface area (Å²) < 4.78 is 11.7. The standard InChI is InChI=1S/C15H20N2O3/c1-11-10-19-15(20-11)7-5-14(6-8-15,13(16)18)12-4-2-3-9-17-12/h2-4,9,11H,5-8,10H2,1H3,(H2,16,18)/t11-,14?,15?/m0/s1. The van der Waals surface area contributed by atoms with Crippen LogP contribution in [0.25, 0.3) is 0 Å². The van der Waals surface area contributed by atoms with Gasteiger partial charge in [-0.05, 0) is 31.9 Å². The van der Waals surface area contributed by atoms with Crippen LogP contribution in [0.2, 0.25) is 0 Å². The van der Waals surface area contributed by atoms with Crippen molar-refractivity contribution in [3.05, 3.63) is 30.1 Å². The number of aromatic nitrogens is 1. The molecule has 2 heterocycles. The predicted octanol–water partition coefficient (Wildman–Crippen LogP) is 1.51. The highest BCUT2D eigenvalue weighted by atomic mass is 16.7. The molecule has 108 valence electrons. The van der Waals surface area contributed by atoms with E-state index in [1.54, 1.807) is 6.20 Å². The summed E-state index contributed by atoms with van der Waals surface area (Å²) in [4.78, 5) is 16.4. The third kappa shape index (κ3) is 2.11. The van der Waals surface area contributed by atoms with Gasteiger partial charge < -0.3 is 15.2 Å². The van der Waals surface area contributed by atoms with E-state index in [1.807, 2.05) is 25.1 Å². The third-order valence-electron chi connectivity index (χ3n) is 4.49. The fourth-order valence-corrected chi connectivity index (χ4v) is 3.30. The largest absolute Gasteiger partial charge is 0.369 e. The lowest BCUT2D eigenvalue weighted by atomic mass is 9.69. The number of hydrogen-bond acceptors (Lipinski definition) is 4. The van der Waals surface area contributed by atoms with Crippen molar-refractivity contribution in [3.63, 3.8) is 0 Å². The lowest BCUT2D eigenvalue weighted by molar-refractivity contribution is -0.194. The van der Waals surface area contributed by atoms with Gasteiger partial charge in [0.15, 0.2) is 5.79 Å². The molecule has 1 aliphatic heterocycles. The fourth-order valence-electron chi connectivity index (χ4n) is 3.30. The van der Waals surface area contributed by atoms with E-state index in [-0.39, 0.29) is 12.0 Å². The van der Waals surface area contributed by atoms with Crippen LogP contribution < -0.4 is 5.73 Å². The lowest BCUT2D eigenvalue weighted by Gasteiger charge is -2.41. The van der Waals surface area contributed by atoms with Gasteiger partial charge in [0.25, 0.3) is 0 Å². The minimum Gasteiger partial charge on any atom is -0.369 e. The topological polar surface area (TPSA) is 74.4 Å². The zero-order chi connectivity index (χ0) is 14.2. The van der Waals surface area contributed by atoms with Crippen LogP contribution in [-0.4, -0.2) is 29.4 Å². The zero-order valence-corrected chi connectivity index (χ0v) is 11.7. The highest BCUT2D eigenvalue weighted by Crippen LogP contribution is 2.46. The number of nitrogens with two attached hydrogens (primary N) is 1. The number of primary amides is 1. The van der Waals surface area contributed by atoms with Gasteiger partial charge in [-0.2, -0.15) is 0 Å². The lowest BCUT2D eigenvalue weighted by Crippen LogP contribution is -2.49. The molecule has 1 atom stereocenters. The molecule has 20 heavy (non-hydrogen) atoms. The number of carbonyl (C=O) groups excluding carboxylic acids is 1. The summed E-state index contributed by atoms with van der Waals surface area (Å²) in [7, 11) is 0. The van der Waals surface area contributed by atoms with Crippen molar-refractivity contribution >= 4 is 5.91 Å². The van der Waals surface area contributed by atoms with Crippen molar-refractivity contribution in [2.45, 2.75) is 49.9 Å². The summed E-state index contributed by atoms with van der Waals surface area (Å²) in [6.45, 7) is 2.62. The number of carbonyl (C=O) groups is 1. The van der Waals surface area contributed by atoms with E-state index in [4.69, 9.17) is 15.2 Å². The van der Waals surface area contributed by atoms with Crippen molar-refractivity contribution in [1.29, 1.82) is 0 Å². The molecule has 0 radical (unpaired) electrons. The van der Waals surface area contributed by atoms with E-state index in [2.05, 4.69) is 4.98 Å². The molecule has 1 aromatic rings. The fraction of sp³-hybridized carbons (Fsp3) is 0.600. The van der Waals surface area contributed by atoms with Crippen LogP contribution in [0.15, 0.2) is 24.4 Å². The molecule has 2 aliphatic rings. The molecule has 3 rings (SSSR count). The van der Waals surface area contributed by atoms with Gasteiger partial charge in [-0.1, -0.05) is 6.07 Å². The third-order valence-corrected chi connectivity index (χ3v) is 4.49. The Labute approximate surface area is 118 Å². The smallest absolute Gasteiger partial charge is 0.229 e. The second-order valence-corrected chi connectivity index (χ2v) is 5.81. The van der Waals surface area contributed by atoms with Gasteiger partial charge in [0, 0.05) is 19.0 Å². The van der Waals surface area contributed by atoms with E-state index in [1.165, 1.54) is 0 Å². The molecule has 1 saturated heterocycles. The summed E-state index contributed by atoms with van der Waals surface area (Å²) in [5, 5.41) is 0. The van der Waals surface area contributed by atoms with Crippen LogP contribution in [0.1, 0.15) is 38.3 Å². The first-order valence-corrected chi connectivity index (χ1v) is 7.10. The molecule has 1 spiro atoms. The van der Waals surface area contributed by atoms with Crippen LogP contribution >= 0.6 is 0 Å². The van der Waals surface area contributed by atoms with Crippen LogP contribution in [0.3, 0.4) is 0 Å². The molecule has 5 heteroatoms. The highest BCUT2D eigenvalue weighted by molar-refractivity contribution is 5.86. The first-order valence-electron chi connectivity index (χ1n) is 7.10. The van der Waals surface area contributed by atoms with Crippen LogP contribution in [0.5, 0.6) is 0 Å². The SMILES string of the molecule is C[C@H]1COC2(CCC(C(N)=O)(c3ccccn3)CC2)O1. The maximum absolute atomic E-state index is 12.0. The number of nitrogens with zero attached hydrogens (tertiary/aromatic N) is 1. The zero-order valence-electron chi connectivity index (χ0n) is 11.7. The molecule has 1 aromatic heterocycles. The molecule has 2 fully saturated rings. The van der Waals surface area contributed by atoms with E-state index in [0.29, 0.717) is 32.3 Å². The van der Waals surface area contributed by atoms with Crippen LogP contribution in [-0.2, 0) is 19.7 Å². The Morgan fingerprint density at radius 2 is 2.10 bits per heavy atom. The van der Waals surface area contributed by atoms with E-state index in [9.17, 15) is 4.79 Å². The Morgan fingerprint density at radius 3 is 2.60 bits per heavy atom. The number of hydrogen-bond donors (Lipinski definition) is 1. The average Bonchev–Trinajstić information content (AvgIpc) is 2.82. The Kier molecular flexibility index (Phi) is 3.26. The van der Waals surface area contributed by atoms with Crippen molar-refractivity contribution in [3.8, 4) is 0 Å². The van der Waals surface area contributed by atoms with E-state index in [0.717, 1.165) is 5.69 Å². The Balaban J connectivity index is 1.84. The molecule has 0 bridgehead atoms. The Morgan fingerprint density at radius 1 is 1.35 bits per heavy atom. The second kappa shape index (κ2) is 4.82. The summed E-state index contributed by atoms with van der Waals surface area (Å²) in [5.74, 6) is -0.829. The Bertz CT molecular complexity index is 495. The molecule has 1 amide bonds. The quantitative estimate of drug-likeness (QED) is 0.888. The van der Waals surface area contributed by atoms with Crippen LogP contribution in [0.4, 0.5) is 0 Å². The van der Waals surface area contributed by atoms with Crippen molar-refractivity contribution in [2.24, 2.45) is 5.73 Å². The number of ether oxygens (including phenoxy) is 2. The van der Waals surface area contributed by atoms with Gasteiger partial charge in [0.1, 0.15) is 0 Å². The average molecular weight is 276 g/mol. The van der Waals surface area contributed by atoms with Crippen molar-refractivity contribution < 1.29 is 14.3 Å². The summed E-state index contributed by atoms with van der Waals surface area (Å²) in [5.41, 5.74) is 5.76. The number of amides is 1. The van der Waals surface area contributed by atoms with Crippen LogP contribution in [0, 0.1) is 0 Å². The second-order valence-electron chi connectivity index (χ2n) is 5.81. The molecule has 1 aliphatic carbocycles. The van der Waals surface area contributed by atoms with E-state index < -0.39 is 11.2 Å². The normalized spacial score (nSPS) is 37.1. The molecule has 2 N–H and O–H groups in total. The number of rotatable bonds is 2. The molecule has 0 unspecified atom stereocenters. The molecule has 5 nitrogen and oxygen atoms in total. The van der Waals surface area contributed by atoms with Crippen molar-refractivity contribution in [2.75, 3.05) is 6.61 Å². The van der Waals surface area contributed by atoms with E-state index >= 15 is 0 Å². The van der Waals surface area contributed by atoms with Crippen molar-refractivity contribution in [1.82, 2.24) is 4.98 Å². The summed E-state index contributed by atoms with van der Waals surface area (Å²) >= 11 is 0. The monoisotopic (exact) mass is 276 g/mol. The molecule has 0 aromatic carbocycles. The molecule has 1 saturated carbocycles. The molecular weight excluding hydrogens is 256 g/mol. The van der Waals surface area contributed by atoms with Gasteiger partial charge in [-0.15, -0.1) is 0 Å². The maximum Gasteiger partial charge on any atom is 0.229 e. The van der Waals surface area contributed by atoms with Gasteiger partial charge in [-0.25, -0.2) is 0 Å². The first kappa shape index (κ1) is 13.5. The van der Waals surface area contributed by atoms with Gasteiger partial charge in [0.2, 0.25) is 5.91 Å². The first-order chi connectivity index (χ1) is 9.56. The minimum atomic E-state index is -0.689. The predicted molar refractivity (Wildman–Crippen MR) is 72.8 cm³/mol. The summed E-state index contributed by atoms with van der Waals surface area (Å²) in [6, 6.07) is 5.61. The number of pyridine rings is 1. The van der Waals surface area contributed by atoms with Gasteiger partial charge >= 0.3 is 0 Å². The van der Waals surface area contributed by atoms with Gasteiger partial charge in [-0.3, -0.25) is 9.78 Å². The van der Waals surface area contributed by atoms with Gasteiger partial charge in [0.05, 0.1) is 23.8 Å². The highest BCUT2D eigenvalue weighted by Gasteiger charge is 2.51. The Hall–Kier alpha value is -1.46. The maximum atomic E-state index is 12.0. The minimum absolute atomic E-state index is 0.117.